The Morgan fingerprint density at radius 1 is 0.783 bits per heavy atom. The van der Waals surface area contributed by atoms with Gasteiger partial charge in [0, 0.05) is 0 Å². The van der Waals surface area contributed by atoms with Gasteiger partial charge >= 0.3 is 23.9 Å². The fraction of sp³-hybridized carbons (Fsp3) is 0.364. The molecule has 0 saturated heterocycles. The van der Waals surface area contributed by atoms with E-state index in [2.05, 4.69) is 0 Å². The van der Waals surface area contributed by atoms with Crippen LogP contribution >= 0.6 is 0 Å². The van der Waals surface area contributed by atoms with E-state index in [1.165, 1.54) is 0 Å². The van der Waals surface area contributed by atoms with Crippen LogP contribution in [0, 0.1) is 11.6 Å². The van der Waals surface area contributed by atoms with E-state index in [0.717, 1.165) is 0 Å². The minimum Gasteiger partial charge on any atom is -0.287 e. The maximum atomic E-state index is 13.2. The van der Waals surface area contributed by atoms with Gasteiger partial charge in [-0.2, -0.15) is 39.5 Å². The number of carbonyl (C=O) groups excluding carboxylic acids is 1. The van der Waals surface area contributed by atoms with Gasteiger partial charge in [0.2, 0.25) is 5.78 Å². The van der Waals surface area contributed by atoms with Crippen molar-refractivity contribution in [2.24, 2.45) is 0 Å². The van der Waals surface area contributed by atoms with E-state index >= 15 is 0 Å². The molecule has 0 aliphatic heterocycles. The van der Waals surface area contributed by atoms with Crippen LogP contribution < -0.4 is 0 Å². The molecular weight excluding hydrogens is 357 g/mol. The number of hydrogen-bond donors (Lipinski definition) is 0. The van der Waals surface area contributed by atoms with Gasteiger partial charge in [-0.3, -0.25) is 4.79 Å². The first-order valence-electron chi connectivity index (χ1n) is 5.28. The fourth-order valence-electron chi connectivity index (χ4n) is 1.37. The largest absolute Gasteiger partial charge is 0.460 e. The highest BCUT2D eigenvalue weighted by Crippen LogP contribution is 2.53. The zero-order valence-corrected chi connectivity index (χ0v) is 10.3. The molecule has 0 aliphatic rings. The molecule has 0 aromatic heterocycles. The molecule has 0 radical (unpaired) electrons. The molecule has 0 amide bonds. The lowest BCUT2D eigenvalue weighted by atomic mass is 9.95. The summed E-state index contributed by atoms with van der Waals surface area (Å²) in [6, 6.07) is 0.685. The summed E-state index contributed by atoms with van der Waals surface area (Å²) in [6.45, 7) is 0. The van der Waals surface area contributed by atoms with Crippen molar-refractivity contribution in [3.8, 4) is 0 Å². The van der Waals surface area contributed by atoms with Gasteiger partial charge in [-0.05, 0) is 12.1 Å². The van der Waals surface area contributed by atoms with E-state index < -0.39 is 46.9 Å². The first kappa shape index (κ1) is 19.2. The van der Waals surface area contributed by atoms with Crippen LogP contribution in [0.5, 0.6) is 0 Å². The average molecular weight is 360 g/mol. The molecule has 0 aliphatic carbocycles. The Bertz CT molecular complexity index is 617. The third kappa shape index (κ3) is 2.74. The highest BCUT2D eigenvalue weighted by molar-refractivity contribution is 6.02. The first-order valence-corrected chi connectivity index (χ1v) is 5.28. The number of benzene rings is 1. The van der Waals surface area contributed by atoms with Gasteiger partial charge in [0.05, 0.1) is 5.56 Å². The smallest absolute Gasteiger partial charge is 0.287 e. The maximum absolute atomic E-state index is 13.2. The Morgan fingerprint density at radius 2 is 1.26 bits per heavy atom. The van der Waals surface area contributed by atoms with Crippen LogP contribution in [0.15, 0.2) is 18.2 Å². The minimum atomic E-state index is -7.30. The molecule has 1 aromatic rings. The van der Waals surface area contributed by atoms with Crippen LogP contribution in [0.2, 0.25) is 0 Å². The second kappa shape index (κ2) is 5.34. The number of ketones is 1. The number of hydrogen-bond acceptors (Lipinski definition) is 1. The van der Waals surface area contributed by atoms with Crippen molar-refractivity contribution in [1.29, 1.82) is 0 Å². The van der Waals surface area contributed by atoms with Crippen LogP contribution in [0.4, 0.5) is 48.3 Å². The summed E-state index contributed by atoms with van der Waals surface area (Å²) in [5.41, 5.74) is -2.10. The molecule has 23 heavy (non-hydrogen) atoms. The maximum Gasteiger partial charge on any atom is 0.460 e. The number of Topliss-reactive ketones (excluding diaryl/α,β-unsaturated/α-hetero) is 1. The molecule has 0 heterocycles. The van der Waals surface area contributed by atoms with E-state index in [1.807, 2.05) is 0 Å². The summed E-state index contributed by atoms with van der Waals surface area (Å²) in [5.74, 6) is -29.0. The Hall–Kier alpha value is -1.88. The zero-order chi connectivity index (χ0) is 18.4. The highest BCUT2D eigenvalue weighted by atomic mass is 19.4. The molecule has 0 bridgehead atoms. The van der Waals surface area contributed by atoms with Crippen molar-refractivity contribution in [2.45, 2.75) is 23.9 Å². The summed E-state index contributed by atoms with van der Waals surface area (Å²) < 4.78 is 139. The molecule has 1 aromatic carbocycles. The van der Waals surface area contributed by atoms with Gasteiger partial charge in [0.15, 0.2) is 11.6 Å². The lowest BCUT2D eigenvalue weighted by Crippen LogP contribution is -2.63. The van der Waals surface area contributed by atoms with Crippen molar-refractivity contribution in [3.63, 3.8) is 0 Å². The first-order chi connectivity index (χ1) is 10.1. The molecule has 0 spiro atoms. The third-order valence-corrected chi connectivity index (χ3v) is 2.63. The average Bonchev–Trinajstić information content (AvgIpc) is 2.39. The molecule has 0 N–H and O–H groups in total. The predicted molar refractivity (Wildman–Crippen MR) is 51.6 cm³/mol. The molecule has 0 unspecified atom stereocenters. The van der Waals surface area contributed by atoms with E-state index in [-0.39, 0.29) is 12.1 Å². The number of carbonyl (C=O) groups is 1. The molecule has 130 valence electrons. The monoisotopic (exact) mass is 360 g/mol. The van der Waals surface area contributed by atoms with E-state index in [4.69, 9.17) is 0 Å². The Labute approximate surface area is 119 Å². The van der Waals surface area contributed by atoms with Crippen LogP contribution in [-0.2, 0) is 0 Å². The molecule has 0 atom stereocenters. The Balaban J connectivity index is 3.45. The zero-order valence-electron chi connectivity index (χ0n) is 10.3. The van der Waals surface area contributed by atoms with Gasteiger partial charge in [-0.1, -0.05) is 6.07 Å². The van der Waals surface area contributed by atoms with E-state index in [9.17, 15) is 53.1 Å². The molecule has 0 saturated carbocycles. The van der Waals surface area contributed by atoms with Crippen LogP contribution in [0.3, 0.4) is 0 Å². The minimum absolute atomic E-state index is 0.0243. The van der Waals surface area contributed by atoms with Crippen molar-refractivity contribution < 1.29 is 53.1 Å². The van der Waals surface area contributed by atoms with Crippen LogP contribution in [-0.4, -0.2) is 29.7 Å². The molecule has 0 fully saturated rings. The third-order valence-electron chi connectivity index (χ3n) is 2.63. The summed E-state index contributed by atoms with van der Waals surface area (Å²) >= 11 is 0. The van der Waals surface area contributed by atoms with E-state index in [0.29, 0.717) is 6.07 Å². The lowest BCUT2D eigenvalue weighted by molar-refractivity contribution is -0.386. The van der Waals surface area contributed by atoms with Gasteiger partial charge in [0.1, 0.15) is 0 Å². The molecule has 1 rings (SSSR count). The van der Waals surface area contributed by atoms with Gasteiger partial charge < -0.3 is 0 Å². The SMILES string of the molecule is O=C(c1cccc(F)c1F)C(F)(F)C(F)(F)C(F)(F)C(F)(F)F. The molecule has 1 nitrogen and oxygen atoms in total. The number of alkyl halides is 9. The number of halogens is 11. The van der Waals surface area contributed by atoms with Crippen molar-refractivity contribution in [3.05, 3.63) is 35.4 Å². The Kier molecular flexibility index (Phi) is 4.45. The van der Waals surface area contributed by atoms with Gasteiger partial charge in [-0.25, -0.2) is 8.78 Å². The van der Waals surface area contributed by atoms with Gasteiger partial charge in [0.25, 0.3) is 0 Å². The molecule has 12 heteroatoms. The summed E-state index contributed by atoms with van der Waals surface area (Å²) in [7, 11) is 0. The van der Waals surface area contributed by atoms with Crippen LogP contribution in [0.25, 0.3) is 0 Å². The second-order valence-electron chi connectivity index (χ2n) is 4.15. The number of rotatable bonds is 4. The standard InChI is InChI=1S/C11H3F11O/c12-5-3-1-2-4(6(5)13)7(23)8(14,15)9(16,17)10(18,19)11(20,21)22/h1-3H. The fourth-order valence-corrected chi connectivity index (χ4v) is 1.37. The van der Waals surface area contributed by atoms with Crippen molar-refractivity contribution >= 4 is 5.78 Å². The lowest BCUT2D eigenvalue weighted by Gasteiger charge is -2.32. The summed E-state index contributed by atoms with van der Waals surface area (Å²) in [4.78, 5) is 11.1. The normalized spacial score (nSPS) is 14.0. The highest BCUT2D eigenvalue weighted by Gasteiger charge is 2.83. The predicted octanol–water partition coefficient (Wildman–Crippen LogP) is 4.62. The second-order valence-corrected chi connectivity index (χ2v) is 4.15. The van der Waals surface area contributed by atoms with E-state index in [1.54, 1.807) is 0 Å². The topological polar surface area (TPSA) is 17.1 Å². The summed E-state index contributed by atoms with van der Waals surface area (Å²) in [6.07, 6.45) is -7.12. The van der Waals surface area contributed by atoms with Crippen molar-refractivity contribution in [2.75, 3.05) is 0 Å². The van der Waals surface area contributed by atoms with Crippen molar-refractivity contribution in [1.82, 2.24) is 0 Å². The van der Waals surface area contributed by atoms with Crippen LogP contribution in [0.1, 0.15) is 10.4 Å². The molecular formula is C11H3F11O. The Morgan fingerprint density at radius 3 is 1.70 bits per heavy atom. The summed E-state index contributed by atoms with van der Waals surface area (Å²) in [5, 5.41) is 0. The quantitative estimate of drug-likeness (QED) is 0.566. The van der Waals surface area contributed by atoms with Gasteiger partial charge in [-0.15, -0.1) is 0 Å².